The van der Waals surface area contributed by atoms with Gasteiger partial charge in [0.1, 0.15) is 0 Å². The Morgan fingerprint density at radius 3 is 2.81 bits per heavy atom. The summed E-state index contributed by atoms with van der Waals surface area (Å²) in [5.41, 5.74) is 5.88. The van der Waals surface area contributed by atoms with Crippen molar-refractivity contribution in [3.63, 3.8) is 0 Å². The molecule has 1 heterocycles. The van der Waals surface area contributed by atoms with Gasteiger partial charge >= 0.3 is 6.03 Å². The van der Waals surface area contributed by atoms with Gasteiger partial charge in [0.2, 0.25) is 0 Å². The van der Waals surface area contributed by atoms with Crippen molar-refractivity contribution in [1.82, 2.24) is 9.99 Å². The molecule has 7 heteroatoms. The Hall–Kier alpha value is -2.57. The third-order valence-electron chi connectivity index (χ3n) is 3.66. The number of aromatic nitrogens is 1. The molecule has 0 spiro atoms. The van der Waals surface area contributed by atoms with Crippen molar-refractivity contribution in [2.75, 3.05) is 5.32 Å². The number of aryl methyl sites for hydroxylation is 1. The lowest BCUT2D eigenvalue weighted by Gasteiger charge is -2.08. The minimum atomic E-state index is -0.421. The number of nitrogens with zero attached hydrogens (tertiary/aromatic N) is 2. The van der Waals surface area contributed by atoms with Gasteiger partial charge in [0, 0.05) is 27.1 Å². The zero-order valence-electron chi connectivity index (χ0n) is 13.9. The van der Waals surface area contributed by atoms with E-state index in [-0.39, 0.29) is 0 Å². The predicted octanol–water partition coefficient (Wildman–Crippen LogP) is 5.36. The van der Waals surface area contributed by atoms with Crippen LogP contribution in [0.3, 0.4) is 0 Å². The van der Waals surface area contributed by atoms with Gasteiger partial charge in [-0.3, -0.25) is 0 Å². The number of amides is 2. The van der Waals surface area contributed by atoms with E-state index < -0.39 is 6.03 Å². The van der Waals surface area contributed by atoms with E-state index in [2.05, 4.69) is 31.8 Å². The van der Waals surface area contributed by atoms with Gasteiger partial charge in [-0.1, -0.05) is 39.7 Å². The summed E-state index contributed by atoms with van der Waals surface area (Å²) >= 11 is 9.56. The average Bonchev–Trinajstić information content (AvgIpc) is 3.06. The van der Waals surface area contributed by atoms with Crippen LogP contribution in [0.4, 0.5) is 10.5 Å². The van der Waals surface area contributed by atoms with E-state index in [0.29, 0.717) is 10.7 Å². The Labute approximate surface area is 164 Å². The Bertz CT molecular complexity index is 968. The molecule has 0 radical (unpaired) electrons. The van der Waals surface area contributed by atoms with Gasteiger partial charge in [-0.05, 0) is 55.0 Å². The second-order valence-electron chi connectivity index (χ2n) is 5.57. The molecule has 2 aromatic carbocycles. The Balaban J connectivity index is 1.67. The number of anilines is 1. The van der Waals surface area contributed by atoms with Crippen molar-refractivity contribution >= 4 is 45.5 Å². The topological polar surface area (TPSA) is 58.4 Å². The molecule has 2 N–H and O–H groups in total. The first-order valence-electron chi connectivity index (χ1n) is 7.82. The number of nitrogens with one attached hydrogen (secondary N) is 2. The van der Waals surface area contributed by atoms with Crippen molar-refractivity contribution in [2.24, 2.45) is 5.10 Å². The summed E-state index contributed by atoms with van der Waals surface area (Å²) in [5, 5.41) is 7.41. The molecule has 132 valence electrons. The molecule has 5 nitrogen and oxygen atoms in total. The molecule has 0 atom stereocenters. The molecule has 0 saturated carbocycles. The molecule has 0 aliphatic rings. The van der Waals surface area contributed by atoms with Crippen LogP contribution in [0.5, 0.6) is 0 Å². The number of halogens is 2. The summed E-state index contributed by atoms with van der Waals surface area (Å²) in [6, 6.07) is 16.5. The molecular weight excluding hydrogens is 416 g/mol. The van der Waals surface area contributed by atoms with Crippen LogP contribution >= 0.6 is 27.5 Å². The zero-order valence-corrected chi connectivity index (χ0v) is 16.3. The Morgan fingerprint density at radius 1 is 1.19 bits per heavy atom. The second-order valence-corrected chi connectivity index (χ2v) is 6.89. The van der Waals surface area contributed by atoms with Gasteiger partial charge in [-0.15, -0.1) is 0 Å². The maximum atomic E-state index is 11.9. The maximum Gasteiger partial charge on any atom is 0.339 e. The molecule has 0 aliphatic heterocycles. The SMILES string of the molecule is Cc1ccc(-n2cccc2/C=N/NC(=O)Nc2cccc(Br)c2)cc1Cl. The lowest BCUT2D eigenvalue weighted by atomic mass is 10.2. The fourth-order valence-corrected chi connectivity index (χ4v) is 2.92. The molecular formula is C19H16BrClN4O. The average molecular weight is 432 g/mol. The summed E-state index contributed by atoms with van der Waals surface area (Å²) in [6.45, 7) is 1.96. The van der Waals surface area contributed by atoms with E-state index in [1.54, 1.807) is 18.3 Å². The number of carbonyl (C=O) groups excluding carboxylic acids is 1. The minimum Gasteiger partial charge on any atom is -0.316 e. The molecule has 2 amide bonds. The van der Waals surface area contributed by atoms with Gasteiger partial charge in [-0.2, -0.15) is 5.10 Å². The third-order valence-corrected chi connectivity index (χ3v) is 4.56. The normalized spacial score (nSPS) is 10.9. The first-order valence-corrected chi connectivity index (χ1v) is 8.99. The van der Waals surface area contributed by atoms with Crippen LogP contribution in [0.2, 0.25) is 5.02 Å². The molecule has 0 aliphatic carbocycles. The fourth-order valence-electron chi connectivity index (χ4n) is 2.35. The Kier molecular flexibility index (Phi) is 5.75. The lowest BCUT2D eigenvalue weighted by Crippen LogP contribution is -2.24. The van der Waals surface area contributed by atoms with Gasteiger partial charge in [0.05, 0.1) is 11.9 Å². The second kappa shape index (κ2) is 8.21. The maximum absolute atomic E-state index is 11.9. The molecule has 0 fully saturated rings. The van der Waals surface area contributed by atoms with Crippen LogP contribution in [-0.4, -0.2) is 16.8 Å². The molecule has 26 heavy (non-hydrogen) atoms. The van der Waals surface area contributed by atoms with Gasteiger partial charge in [0.15, 0.2) is 0 Å². The molecule has 0 unspecified atom stereocenters. The highest BCUT2D eigenvalue weighted by atomic mass is 79.9. The summed E-state index contributed by atoms with van der Waals surface area (Å²) < 4.78 is 2.82. The number of carbonyl (C=O) groups is 1. The smallest absolute Gasteiger partial charge is 0.316 e. The molecule has 3 aromatic rings. The van der Waals surface area contributed by atoms with Crippen molar-refractivity contribution in [3.05, 3.63) is 81.5 Å². The van der Waals surface area contributed by atoms with Crippen LogP contribution in [0.25, 0.3) is 5.69 Å². The van der Waals surface area contributed by atoms with Gasteiger partial charge in [-0.25, -0.2) is 10.2 Å². The van der Waals surface area contributed by atoms with Gasteiger partial charge < -0.3 is 9.88 Å². The molecule has 3 rings (SSSR count). The van der Waals surface area contributed by atoms with Crippen LogP contribution in [-0.2, 0) is 0 Å². The highest BCUT2D eigenvalue weighted by molar-refractivity contribution is 9.10. The highest BCUT2D eigenvalue weighted by Gasteiger charge is 2.04. The van der Waals surface area contributed by atoms with Crippen molar-refractivity contribution in [2.45, 2.75) is 6.92 Å². The quantitative estimate of drug-likeness (QED) is 0.424. The first-order chi connectivity index (χ1) is 12.5. The standard InChI is InChI=1S/C19H16BrClN4O/c1-13-7-8-16(11-18(13)21)25-9-3-6-17(25)12-22-24-19(26)23-15-5-2-4-14(20)10-15/h2-12H,1H3,(H2,23,24,26)/b22-12+. The van der Waals surface area contributed by atoms with Crippen LogP contribution in [0.15, 0.2) is 70.4 Å². The van der Waals surface area contributed by atoms with E-state index in [4.69, 9.17) is 11.6 Å². The number of hydrazone groups is 1. The predicted molar refractivity (Wildman–Crippen MR) is 109 cm³/mol. The number of benzene rings is 2. The van der Waals surface area contributed by atoms with E-state index >= 15 is 0 Å². The number of hydrogen-bond donors (Lipinski definition) is 2. The highest BCUT2D eigenvalue weighted by Crippen LogP contribution is 2.20. The van der Waals surface area contributed by atoms with Crippen LogP contribution < -0.4 is 10.7 Å². The van der Waals surface area contributed by atoms with E-state index in [1.165, 1.54) is 0 Å². The van der Waals surface area contributed by atoms with E-state index in [9.17, 15) is 4.79 Å². The summed E-state index contributed by atoms with van der Waals surface area (Å²) in [7, 11) is 0. The van der Waals surface area contributed by atoms with E-state index in [1.807, 2.05) is 60.2 Å². The largest absolute Gasteiger partial charge is 0.339 e. The zero-order chi connectivity index (χ0) is 18.5. The Morgan fingerprint density at radius 2 is 2.04 bits per heavy atom. The fraction of sp³-hybridized carbons (Fsp3) is 0.0526. The lowest BCUT2D eigenvalue weighted by molar-refractivity contribution is 0.252. The number of urea groups is 1. The molecule has 1 aromatic heterocycles. The van der Waals surface area contributed by atoms with E-state index in [0.717, 1.165) is 21.4 Å². The minimum absolute atomic E-state index is 0.421. The van der Waals surface area contributed by atoms with Crippen LogP contribution in [0, 0.1) is 6.92 Å². The van der Waals surface area contributed by atoms with Crippen LogP contribution in [0.1, 0.15) is 11.3 Å². The van der Waals surface area contributed by atoms with Gasteiger partial charge in [0.25, 0.3) is 0 Å². The van der Waals surface area contributed by atoms with Crippen molar-refractivity contribution in [1.29, 1.82) is 0 Å². The summed E-state index contributed by atoms with van der Waals surface area (Å²) in [5.74, 6) is 0. The monoisotopic (exact) mass is 430 g/mol. The number of hydrogen-bond acceptors (Lipinski definition) is 2. The van der Waals surface area contributed by atoms with Crippen molar-refractivity contribution < 1.29 is 4.79 Å². The first kappa shape index (κ1) is 18.2. The molecule has 0 saturated heterocycles. The third kappa shape index (κ3) is 4.53. The number of rotatable bonds is 4. The molecule has 0 bridgehead atoms. The summed E-state index contributed by atoms with van der Waals surface area (Å²) in [6.07, 6.45) is 3.48. The summed E-state index contributed by atoms with van der Waals surface area (Å²) in [4.78, 5) is 11.9. The van der Waals surface area contributed by atoms with Crippen molar-refractivity contribution in [3.8, 4) is 5.69 Å².